The van der Waals surface area contributed by atoms with Gasteiger partial charge in [0, 0.05) is 23.6 Å². The summed E-state index contributed by atoms with van der Waals surface area (Å²) in [5, 5.41) is 10.2. The maximum absolute atomic E-state index is 12.2. The summed E-state index contributed by atoms with van der Waals surface area (Å²) < 4.78 is 5.17. The zero-order chi connectivity index (χ0) is 16.1. The first kappa shape index (κ1) is 15.3. The summed E-state index contributed by atoms with van der Waals surface area (Å²) in [6.07, 6.45) is 8.75. The van der Waals surface area contributed by atoms with Crippen molar-refractivity contribution in [2.24, 2.45) is 5.92 Å². The number of nitrogens with zero attached hydrogens (tertiary/aromatic N) is 1. The van der Waals surface area contributed by atoms with Crippen LogP contribution in [0, 0.1) is 5.92 Å². The van der Waals surface area contributed by atoms with E-state index in [4.69, 9.17) is 4.74 Å². The van der Waals surface area contributed by atoms with Gasteiger partial charge in [-0.25, -0.2) is 0 Å². The van der Waals surface area contributed by atoms with Crippen molar-refractivity contribution in [2.75, 3.05) is 7.11 Å². The number of rotatable bonds is 5. The van der Waals surface area contributed by atoms with E-state index >= 15 is 0 Å². The quantitative estimate of drug-likeness (QED) is 0.834. The number of ether oxygens (including phenoxy) is 1. The second-order valence-electron chi connectivity index (χ2n) is 5.70. The van der Waals surface area contributed by atoms with Crippen molar-refractivity contribution in [3.8, 4) is 17.0 Å². The van der Waals surface area contributed by atoms with Gasteiger partial charge in [0.1, 0.15) is 5.75 Å². The zero-order valence-corrected chi connectivity index (χ0v) is 13.2. The summed E-state index contributed by atoms with van der Waals surface area (Å²) in [6.45, 7) is 0.483. The van der Waals surface area contributed by atoms with Crippen molar-refractivity contribution < 1.29 is 9.53 Å². The number of nitrogens with one attached hydrogen (secondary N) is 2. The molecule has 1 heterocycles. The van der Waals surface area contributed by atoms with E-state index in [1.165, 1.54) is 0 Å². The fraction of sp³-hybridized carbons (Fsp3) is 0.333. The average molecular weight is 311 g/mol. The molecule has 0 saturated heterocycles. The Hall–Kier alpha value is -2.56. The van der Waals surface area contributed by atoms with Crippen molar-refractivity contribution in [3.05, 3.63) is 48.2 Å². The van der Waals surface area contributed by atoms with Gasteiger partial charge in [-0.05, 0) is 43.5 Å². The number of hydrogen-bond donors (Lipinski definition) is 2. The monoisotopic (exact) mass is 311 g/mol. The minimum atomic E-state index is 0.0938. The molecule has 120 valence electrons. The Morgan fingerprint density at radius 1 is 1.35 bits per heavy atom. The lowest BCUT2D eigenvalue weighted by Gasteiger charge is -2.17. The van der Waals surface area contributed by atoms with Crippen molar-refractivity contribution in [3.63, 3.8) is 0 Å². The lowest BCUT2D eigenvalue weighted by Crippen LogP contribution is -2.30. The lowest BCUT2D eigenvalue weighted by molar-refractivity contribution is -0.125. The highest BCUT2D eigenvalue weighted by atomic mass is 16.5. The Labute approximate surface area is 135 Å². The Balaban J connectivity index is 1.66. The Kier molecular flexibility index (Phi) is 4.76. The number of carbonyl (C=O) groups is 1. The molecule has 0 unspecified atom stereocenters. The number of allylic oxidation sites excluding steroid dienone is 2. The number of aromatic amines is 1. The van der Waals surface area contributed by atoms with Gasteiger partial charge >= 0.3 is 0 Å². The van der Waals surface area contributed by atoms with Gasteiger partial charge in [-0.2, -0.15) is 5.10 Å². The first-order valence-corrected chi connectivity index (χ1v) is 7.87. The first-order valence-electron chi connectivity index (χ1n) is 7.87. The van der Waals surface area contributed by atoms with Crippen molar-refractivity contribution >= 4 is 5.91 Å². The Morgan fingerprint density at radius 2 is 2.17 bits per heavy atom. The van der Waals surface area contributed by atoms with Crippen LogP contribution in [0.2, 0.25) is 0 Å². The third-order valence-electron chi connectivity index (χ3n) is 4.19. The molecule has 0 saturated carbocycles. The molecule has 1 aliphatic rings. The highest BCUT2D eigenvalue weighted by Gasteiger charge is 2.19. The van der Waals surface area contributed by atoms with Gasteiger partial charge in [0.15, 0.2) is 0 Å². The van der Waals surface area contributed by atoms with Crippen LogP contribution >= 0.6 is 0 Å². The average Bonchev–Trinajstić information content (AvgIpc) is 3.09. The van der Waals surface area contributed by atoms with Gasteiger partial charge < -0.3 is 10.1 Å². The molecule has 1 aliphatic carbocycles. The number of amides is 1. The molecule has 0 bridgehead atoms. The molecular weight excluding hydrogens is 290 g/mol. The lowest BCUT2D eigenvalue weighted by atomic mass is 9.93. The molecule has 2 aromatic rings. The number of methoxy groups -OCH3 is 1. The molecule has 5 nitrogen and oxygen atoms in total. The predicted molar refractivity (Wildman–Crippen MR) is 88.9 cm³/mol. The molecule has 0 aliphatic heterocycles. The highest BCUT2D eigenvalue weighted by Crippen LogP contribution is 2.24. The SMILES string of the molecule is COc1ccc(-c2[nH]ncc2CNC(=O)[C@@H]2CC=CCC2)cc1. The largest absolute Gasteiger partial charge is 0.497 e. The van der Waals surface area contributed by atoms with E-state index in [0.29, 0.717) is 6.54 Å². The van der Waals surface area contributed by atoms with Gasteiger partial charge in [0.05, 0.1) is 19.0 Å². The second-order valence-corrected chi connectivity index (χ2v) is 5.70. The third-order valence-corrected chi connectivity index (χ3v) is 4.19. The van der Waals surface area contributed by atoms with Crippen molar-refractivity contribution in [1.82, 2.24) is 15.5 Å². The molecule has 0 fully saturated rings. The van der Waals surface area contributed by atoms with Crippen LogP contribution in [-0.4, -0.2) is 23.2 Å². The number of aromatic nitrogens is 2. The van der Waals surface area contributed by atoms with Gasteiger partial charge in [0.25, 0.3) is 0 Å². The van der Waals surface area contributed by atoms with E-state index in [1.54, 1.807) is 13.3 Å². The molecule has 2 N–H and O–H groups in total. The van der Waals surface area contributed by atoms with Crippen LogP contribution in [-0.2, 0) is 11.3 Å². The summed E-state index contributed by atoms with van der Waals surface area (Å²) in [4.78, 5) is 12.2. The van der Waals surface area contributed by atoms with E-state index in [-0.39, 0.29) is 11.8 Å². The Morgan fingerprint density at radius 3 is 2.87 bits per heavy atom. The summed E-state index contributed by atoms with van der Waals surface area (Å²) in [5.74, 6) is 1.03. The van der Waals surface area contributed by atoms with Crippen LogP contribution in [0.15, 0.2) is 42.6 Å². The van der Waals surface area contributed by atoms with E-state index in [1.807, 2.05) is 24.3 Å². The van der Waals surface area contributed by atoms with E-state index in [9.17, 15) is 4.79 Å². The molecule has 3 rings (SSSR count). The van der Waals surface area contributed by atoms with Crippen LogP contribution < -0.4 is 10.1 Å². The highest BCUT2D eigenvalue weighted by molar-refractivity contribution is 5.79. The number of hydrogen-bond acceptors (Lipinski definition) is 3. The molecule has 1 amide bonds. The fourth-order valence-electron chi connectivity index (χ4n) is 2.81. The van der Waals surface area contributed by atoms with E-state index in [2.05, 4.69) is 27.7 Å². The minimum Gasteiger partial charge on any atom is -0.497 e. The molecular formula is C18H21N3O2. The molecule has 1 aromatic heterocycles. The topological polar surface area (TPSA) is 67.0 Å². The molecule has 23 heavy (non-hydrogen) atoms. The van der Waals surface area contributed by atoms with Gasteiger partial charge in [0.2, 0.25) is 5.91 Å². The van der Waals surface area contributed by atoms with Crippen molar-refractivity contribution in [1.29, 1.82) is 0 Å². The van der Waals surface area contributed by atoms with Gasteiger partial charge in [-0.15, -0.1) is 0 Å². The molecule has 5 heteroatoms. The van der Waals surface area contributed by atoms with Crippen molar-refractivity contribution in [2.45, 2.75) is 25.8 Å². The number of carbonyl (C=O) groups excluding carboxylic acids is 1. The second kappa shape index (κ2) is 7.13. The van der Waals surface area contributed by atoms with Crippen LogP contribution in [0.3, 0.4) is 0 Å². The zero-order valence-electron chi connectivity index (χ0n) is 13.2. The molecule has 0 radical (unpaired) electrons. The van der Waals surface area contributed by atoms with Crippen LogP contribution in [0.4, 0.5) is 0 Å². The molecule has 1 aromatic carbocycles. The summed E-state index contributed by atoms with van der Waals surface area (Å²) in [6, 6.07) is 7.77. The normalized spacial score (nSPS) is 17.0. The standard InChI is InChI=1S/C18H21N3O2/c1-23-16-9-7-13(8-10-16)17-15(12-20-21-17)11-19-18(22)14-5-3-2-4-6-14/h2-3,7-10,12,14H,4-6,11H2,1H3,(H,19,22)(H,20,21)/t14-/m1/s1. The van der Waals surface area contributed by atoms with E-state index in [0.717, 1.165) is 41.8 Å². The summed E-state index contributed by atoms with van der Waals surface area (Å²) in [5.41, 5.74) is 2.93. The smallest absolute Gasteiger partial charge is 0.223 e. The Bertz CT molecular complexity index is 689. The first-order chi connectivity index (χ1) is 11.3. The van der Waals surface area contributed by atoms with Crippen LogP contribution in [0.1, 0.15) is 24.8 Å². The maximum Gasteiger partial charge on any atom is 0.223 e. The summed E-state index contributed by atoms with van der Waals surface area (Å²) >= 11 is 0. The van der Waals surface area contributed by atoms with Gasteiger partial charge in [-0.3, -0.25) is 9.89 Å². The predicted octanol–water partition coefficient (Wildman–Crippen LogP) is 3.06. The van der Waals surface area contributed by atoms with Crippen LogP contribution in [0.5, 0.6) is 5.75 Å². The van der Waals surface area contributed by atoms with E-state index < -0.39 is 0 Å². The number of H-pyrrole nitrogens is 1. The summed E-state index contributed by atoms with van der Waals surface area (Å²) in [7, 11) is 1.65. The van der Waals surface area contributed by atoms with Crippen LogP contribution in [0.25, 0.3) is 11.3 Å². The third kappa shape index (κ3) is 3.62. The number of benzene rings is 1. The minimum absolute atomic E-state index is 0.0938. The maximum atomic E-state index is 12.2. The fourth-order valence-corrected chi connectivity index (χ4v) is 2.81. The van der Waals surface area contributed by atoms with Gasteiger partial charge in [-0.1, -0.05) is 12.2 Å². The molecule has 0 spiro atoms. The molecule has 1 atom stereocenters.